The van der Waals surface area contributed by atoms with Crippen molar-refractivity contribution in [2.24, 2.45) is 0 Å². The van der Waals surface area contributed by atoms with Gasteiger partial charge < -0.3 is 22.9 Å². The lowest BCUT2D eigenvalue weighted by Crippen LogP contribution is -2.54. The second-order valence-corrected chi connectivity index (χ2v) is 33.3. The van der Waals surface area contributed by atoms with Gasteiger partial charge in [-0.1, -0.05) is 87.4 Å². The lowest BCUT2D eigenvalue weighted by Gasteiger charge is -2.44. The van der Waals surface area contributed by atoms with Crippen molar-refractivity contribution in [3.8, 4) is 0 Å². The largest absolute Gasteiger partial charge is 0.414 e. The highest BCUT2D eigenvalue weighted by atomic mass is 28.4. The highest BCUT2D eigenvalue weighted by molar-refractivity contribution is 6.75. The van der Waals surface area contributed by atoms with Crippen molar-refractivity contribution < 1.29 is 18.0 Å². The van der Waals surface area contributed by atoms with Crippen LogP contribution in [0.3, 0.4) is 0 Å². The Kier molecular flexibility index (Phi) is 10.6. The monoisotopic (exact) mass is 739 g/mol. The molecule has 0 unspecified atom stereocenters. The van der Waals surface area contributed by atoms with Gasteiger partial charge in [-0.15, -0.1) is 0 Å². The second kappa shape index (κ2) is 13.5. The van der Waals surface area contributed by atoms with Crippen LogP contribution in [0.2, 0.25) is 54.4 Å². The number of aryl methyl sites for hydroxylation is 1. The maximum Gasteiger partial charge on any atom is 0.192 e. The molecule has 0 radical (unpaired) electrons. The molecule has 1 fully saturated rings. The molecule has 4 atom stereocenters. The Hall–Kier alpha value is -1.94. The first-order valence-corrected chi connectivity index (χ1v) is 27.3. The Morgan fingerprint density at radius 1 is 0.800 bits per heavy atom. The van der Waals surface area contributed by atoms with E-state index in [2.05, 4.69) is 142 Å². The fraction of sp³-hybridized carbons (Fsp3) is 0.711. The molecule has 9 nitrogen and oxygen atoms in total. The predicted molar refractivity (Wildman–Crippen MR) is 213 cm³/mol. The molecule has 2 aliphatic heterocycles. The van der Waals surface area contributed by atoms with Gasteiger partial charge in [-0.2, -0.15) is 0 Å². The molecule has 0 spiro atoms. The van der Waals surface area contributed by atoms with Crippen molar-refractivity contribution in [2.75, 3.05) is 18.1 Å². The molecule has 0 saturated carbocycles. The van der Waals surface area contributed by atoms with Crippen LogP contribution in [-0.4, -0.2) is 75.9 Å². The molecule has 0 amide bonds. The zero-order valence-corrected chi connectivity index (χ0v) is 36.9. The van der Waals surface area contributed by atoms with E-state index in [0.717, 1.165) is 35.8 Å². The first-order chi connectivity index (χ1) is 22.9. The Labute approximate surface area is 305 Å². The van der Waals surface area contributed by atoms with Crippen LogP contribution in [0.15, 0.2) is 30.6 Å². The number of hydrogen-bond acceptors (Lipinski definition) is 8. The SMILES string of the molecule is CCc1nc2c(N3CCc4ccccc43)ncnc2n1[C@@H]1O[C@H](CO[Si](C)(C)C(C)(C)C)[C@@H](O[Si](C)(C)C(C)(C)C)[C@H]1O[Si](C)(C)C(C)(C)C. The van der Waals surface area contributed by atoms with E-state index < -0.39 is 31.2 Å². The minimum Gasteiger partial charge on any atom is -0.414 e. The maximum atomic E-state index is 7.49. The number of rotatable bonds is 10. The summed E-state index contributed by atoms with van der Waals surface area (Å²) in [4.78, 5) is 17.3. The lowest BCUT2D eigenvalue weighted by molar-refractivity contribution is -0.0481. The van der Waals surface area contributed by atoms with Gasteiger partial charge in [-0.25, -0.2) is 15.0 Å². The number of fused-ring (bicyclic) bond motifs is 2. The minimum atomic E-state index is -2.32. The van der Waals surface area contributed by atoms with Gasteiger partial charge >= 0.3 is 0 Å². The Morgan fingerprint density at radius 3 is 1.96 bits per heavy atom. The average molecular weight is 740 g/mol. The topological polar surface area (TPSA) is 83.8 Å². The van der Waals surface area contributed by atoms with Crippen LogP contribution in [0.1, 0.15) is 86.9 Å². The third-order valence-corrected chi connectivity index (χ3v) is 25.9. The number of hydrogen-bond donors (Lipinski definition) is 0. The summed E-state index contributed by atoms with van der Waals surface area (Å²) < 4.78 is 31.3. The van der Waals surface area contributed by atoms with E-state index in [0.29, 0.717) is 13.0 Å². The molecule has 1 saturated heterocycles. The second-order valence-electron chi connectivity index (χ2n) is 19.0. The molecular formula is C38H65N5O4Si3. The molecule has 2 aliphatic rings. The minimum absolute atomic E-state index is 0.00186. The highest BCUT2D eigenvalue weighted by Crippen LogP contribution is 2.48. The number of ether oxygens (including phenoxy) is 1. The van der Waals surface area contributed by atoms with Crippen LogP contribution in [0, 0.1) is 0 Å². The van der Waals surface area contributed by atoms with E-state index >= 15 is 0 Å². The Morgan fingerprint density at radius 2 is 1.38 bits per heavy atom. The van der Waals surface area contributed by atoms with Crippen molar-refractivity contribution in [2.45, 2.75) is 161 Å². The summed E-state index contributed by atoms with van der Waals surface area (Å²) >= 11 is 0. The van der Waals surface area contributed by atoms with Crippen molar-refractivity contribution in [3.63, 3.8) is 0 Å². The first kappa shape index (κ1) is 39.3. The molecule has 0 N–H and O–H groups in total. The van der Waals surface area contributed by atoms with Crippen LogP contribution in [0.4, 0.5) is 11.5 Å². The van der Waals surface area contributed by atoms with Crippen molar-refractivity contribution in [1.82, 2.24) is 19.5 Å². The van der Waals surface area contributed by atoms with Gasteiger partial charge in [0.25, 0.3) is 0 Å². The van der Waals surface area contributed by atoms with Gasteiger partial charge in [-0.3, -0.25) is 4.57 Å². The summed E-state index contributed by atoms with van der Waals surface area (Å²) in [5.41, 5.74) is 4.06. The van der Waals surface area contributed by atoms with Crippen LogP contribution >= 0.6 is 0 Å². The predicted octanol–water partition coefficient (Wildman–Crippen LogP) is 9.78. The van der Waals surface area contributed by atoms with E-state index in [1.165, 1.54) is 11.3 Å². The standard InChI is InChI=1S/C38H65N5O4Si3/c1-17-29-41-30-33(42-23-22-26-20-18-19-21-27(26)42)39-25-40-34(30)43(29)35-32(47-50(15,16)38(8,9)10)31(46-49(13,14)37(5,6)7)28(45-35)24-44-48(11,12)36(2,3)4/h18-21,25,28,31-32,35H,17,22-24H2,1-16H3/t28-,31-,32-,35-/m1/s1. The van der Waals surface area contributed by atoms with E-state index in [-0.39, 0.29) is 33.4 Å². The Balaban J connectivity index is 1.67. The number of para-hydroxylation sites is 1. The summed E-state index contributed by atoms with van der Waals surface area (Å²) in [6.45, 7) is 38.0. The highest BCUT2D eigenvalue weighted by Gasteiger charge is 2.55. The lowest BCUT2D eigenvalue weighted by atomic mass is 10.1. The number of anilines is 2. The molecule has 5 rings (SSSR count). The maximum absolute atomic E-state index is 7.49. The van der Waals surface area contributed by atoms with Gasteiger partial charge in [0, 0.05) is 18.7 Å². The summed E-state index contributed by atoms with van der Waals surface area (Å²) in [5.74, 6) is 1.74. The molecule has 278 valence electrons. The molecule has 50 heavy (non-hydrogen) atoms. The third kappa shape index (κ3) is 7.32. The zero-order valence-electron chi connectivity index (χ0n) is 33.9. The Bertz CT molecular complexity index is 1670. The number of nitrogens with zero attached hydrogens (tertiary/aromatic N) is 5. The van der Waals surface area contributed by atoms with Gasteiger partial charge in [-0.05, 0) is 72.4 Å². The van der Waals surface area contributed by atoms with Crippen molar-refractivity contribution in [1.29, 1.82) is 0 Å². The van der Waals surface area contributed by atoms with Crippen LogP contribution < -0.4 is 4.90 Å². The quantitative estimate of drug-likeness (QED) is 0.190. The van der Waals surface area contributed by atoms with Crippen molar-refractivity contribution in [3.05, 3.63) is 42.0 Å². The molecule has 2 aromatic heterocycles. The molecule has 0 bridgehead atoms. The molecule has 12 heteroatoms. The zero-order chi connectivity index (χ0) is 37.2. The summed E-state index contributed by atoms with van der Waals surface area (Å²) in [6, 6.07) is 8.57. The number of benzene rings is 1. The summed E-state index contributed by atoms with van der Waals surface area (Å²) in [6.07, 6.45) is 1.82. The average Bonchev–Trinajstić information content (AvgIpc) is 3.67. The van der Waals surface area contributed by atoms with Crippen LogP contribution in [-0.2, 0) is 30.9 Å². The van der Waals surface area contributed by atoms with Crippen LogP contribution in [0.25, 0.3) is 11.2 Å². The van der Waals surface area contributed by atoms with Crippen LogP contribution in [0.5, 0.6) is 0 Å². The summed E-state index contributed by atoms with van der Waals surface area (Å²) in [7, 11) is -6.71. The van der Waals surface area contributed by atoms with Gasteiger partial charge in [0.05, 0.1) is 6.61 Å². The van der Waals surface area contributed by atoms with Gasteiger partial charge in [0.2, 0.25) is 0 Å². The number of imidazole rings is 1. The molecule has 1 aromatic carbocycles. The fourth-order valence-corrected chi connectivity index (χ4v) is 9.69. The van der Waals surface area contributed by atoms with E-state index in [1.54, 1.807) is 6.33 Å². The van der Waals surface area contributed by atoms with Gasteiger partial charge in [0.1, 0.15) is 30.5 Å². The van der Waals surface area contributed by atoms with E-state index in [1.807, 2.05) is 0 Å². The van der Waals surface area contributed by atoms with E-state index in [9.17, 15) is 0 Å². The molecule has 4 heterocycles. The smallest absolute Gasteiger partial charge is 0.192 e. The molecule has 0 aliphatic carbocycles. The van der Waals surface area contributed by atoms with Gasteiger partial charge in [0.15, 0.2) is 48.2 Å². The fourth-order valence-electron chi connectivity index (χ4n) is 6.07. The normalized spacial score (nSPS) is 22.5. The first-order valence-electron chi connectivity index (χ1n) is 18.6. The molecule has 3 aromatic rings. The van der Waals surface area contributed by atoms with E-state index in [4.69, 9.17) is 33.0 Å². The third-order valence-electron chi connectivity index (χ3n) is 12.4. The van der Waals surface area contributed by atoms with Crippen molar-refractivity contribution >= 4 is 47.6 Å². The molecular weight excluding hydrogens is 675 g/mol. The summed E-state index contributed by atoms with van der Waals surface area (Å²) in [5, 5.41) is 0.0506. The number of aromatic nitrogens is 4.